The van der Waals surface area contributed by atoms with Crippen LogP contribution in [0.5, 0.6) is 5.75 Å². The Kier molecular flexibility index (Phi) is 13.6. The van der Waals surface area contributed by atoms with Crippen LogP contribution < -0.4 is 32.7 Å². The number of aromatic hydroxyl groups is 1. The van der Waals surface area contributed by atoms with Gasteiger partial charge in [0.1, 0.15) is 23.9 Å². The zero-order valence-electron chi connectivity index (χ0n) is 21.6. The lowest BCUT2D eigenvalue weighted by Crippen LogP contribution is -2.57. The van der Waals surface area contributed by atoms with Gasteiger partial charge in [-0.25, -0.2) is 4.79 Å². The van der Waals surface area contributed by atoms with E-state index in [2.05, 4.69) is 21.3 Å². The van der Waals surface area contributed by atoms with Crippen molar-refractivity contribution in [3.63, 3.8) is 0 Å². The minimum absolute atomic E-state index is 0.0165. The standard InChI is InChI=1S/C24H39N7O7/c1-13(2)10-18(30-20(34)16(25)11-14-5-7-15(33)8-6-14)22(36)29-17(4-3-9-28-24(26)27)21(35)31-19(12-32)23(37)38/h5-8,13,16-19,32-33H,3-4,9-12,25H2,1-2H3,(H,29,36)(H,30,34)(H,31,35)(H,37,38)(H4,26,27,28). The molecule has 38 heavy (non-hydrogen) atoms. The minimum atomic E-state index is -1.57. The Hall–Kier alpha value is -3.91. The van der Waals surface area contributed by atoms with Gasteiger partial charge in [-0.05, 0) is 49.3 Å². The number of carbonyl (C=O) groups excluding carboxylic acids is 3. The number of carboxylic acid groups (broad SMARTS) is 1. The molecule has 1 aromatic carbocycles. The van der Waals surface area contributed by atoms with Gasteiger partial charge in [0, 0.05) is 6.54 Å². The third-order valence-corrected chi connectivity index (χ3v) is 5.48. The van der Waals surface area contributed by atoms with Gasteiger partial charge in [-0.3, -0.25) is 19.8 Å². The monoisotopic (exact) mass is 537 g/mol. The van der Waals surface area contributed by atoms with E-state index in [9.17, 15) is 29.4 Å². The maximum absolute atomic E-state index is 13.2. The summed E-state index contributed by atoms with van der Waals surface area (Å²) in [5.41, 5.74) is 12.0. The number of carbonyl (C=O) groups is 4. The quantitative estimate of drug-likeness (QED) is 0.0636. The Morgan fingerprint density at radius 1 is 0.947 bits per heavy atom. The first-order valence-corrected chi connectivity index (χ1v) is 12.2. The largest absolute Gasteiger partial charge is 0.508 e. The molecule has 0 heterocycles. The van der Waals surface area contributed by atoms with Crippen LogP contribution in [-0.4, -0.2) is 82.3 Å². The summed E-state index contributed by atoms with van der Waals surface area (Å²) in [6, 6.07) is 1.41. The zero-order chi connectivity index (χ0) is 28.8. The molecule has 0 aliphatic heterocycles. The molecule has 4 unspecified atom stereocenters. The topological polar surface area (TPSA) is 253 Å². The molecule has 0 radical (unpaired) electrons. The summed E-state index contributed by atoms with van der Waals surface area (Å²) >= 11 is 0. The van der Waals surface area contributed by atoms with Crippen molar-refractivity contribution in [2.24, 2.45) is 17.4 Å². The van der Waals surface area contributed by atoms with E-state index < -0.39 is 54.5 Å². The van der Waals surface area contributed by atoms with Crippen LogP contribution in [0.1, 0.15) is 38.7 Å². The first-order valence-electron chi connectivity index (χ1n) is 12.2. The lowest BCUT2D eigenvalue weighted by atomic mass is 10.0. The smallest absolute Gasteiger partial charge is 0.328 e. The maximum Gasteiger partial charge on any atom is 0.328 e. The summed E-state index contributed by atoms with van der Waals surface area (Å²) in [5.74, 6) is -3.75. The number of phenolic OH excluding ortho intramolecular Hbond substituents is 1. The van der Waals surface area contributed by atoms with Crippen LogP contribution in [0.2, 0.25) is 0 Å². The molecule has 0 aliphatic rings. The highest BCUT2D eigenvalue weighted by Crippen LogP contribution is 2.12. The van der Waals surface area contributed by atoms with Crippen LogP contribution in [-0.2, 0) is 25.6 Å². The van der Waals surface area contributed by atoms with Gasteiger partial charge in [-0.1, -0.05) is 26.0 Å². The molecular formula is C24H39N7O7. The Morgan fingerprint density at radius 2 is 1.50 bits per heavy atom. The van der Waals surface area contributed by atoms with Crippen LogP contribution in [0, 0.1) is 11.3 Å². The van der Waals surface area contributed by atoms with E-state index in [1.54, 1.807) is 12.1 Å². The number of phenols is 1. The predicted molar refractivity (Wildman–Crippen MR) is 139 cm³/mol. The van der Waals surface area contributed by atoms with Crippen molar-refractivity contribution in [1.82, 2.24) is 21.3 Å². The molecule has 14 nitrogen and oxygen atoms in total. The molecule has 0 aromatic heterocycles. The SMILES string of the molecule is CC(C)CC(NC(=O)C(N)Cc1ccc(O)cc1)C(=O)NC(CCCNC(=N)N)C(=O)NC(CO)C(=O)O. The number of hydrogen-bond donors (Lipinski definition) is 10. The molecule has 1 rings (SSSR count). The van der Waals surface area contributed by atoms with Gasteiger partial charge in [-0.15, -0.1) is 0 Å². The first kappa shape index (κ1) is 32.1. The van der Waals surface area contributed by atoms with Gasteiger partial charge in [0.25, 0.3) is 0 Å². The molecule has 4 atom stereocenters. The normalized spacial score (nSPS) is 14.0. The lowest BCUT2D eigenvalue weighted by Gasteiger charge is -2.26. The van der Waals surface area contributed by atoms with Crippen molar-refractivity contribution < 1.29 is 34.5 Å². The number of aliphatic carboxylic acids is 1. The van der Waals surface area contributed by atoms with E-state index in [0.29, 0.717) is 5.56 Å². The summed E-state index contributed by atoms with van der Waals surface area (Å²) in [7, 11) is 0. The highest BCUT2D eigenvalue weighted by Gasteiger charge is 2.30. The van der Waals surface area contributed by atoms with Crippen LogP contribution in [0.4, 0.5) is 0 Å². The van der Waals surface area contributed by atoms with E-state index in [1.807, 2.05) is 13.8 Å². The number of hydrogen-bond acceptors (Lipinski definition) is 8. The molecule has 3 amide bonds. The second kappa shape index (κ2) is 16.0. The number of carboxylic acids is 1. The average molecular weight is 538 g/mol. The fourth-order valence-electron chi connectivity index (χ4n) is 3.49. The van der Waals surface area contributed by atoms with E-state index in [0.717, 1.165) is 0 Å². The third kappa shape index (κ3) is 11.9. The van der Waals surface area contributed by atoms with Crippen LogP contribution >= 0.6 is 0 Å². The molecule has 0 saturated heterocycles. The Labute approximate surface area is 221 Å². The second-order valence-corrected chi connectivity index (χ2v) is 9.29. The van der Waals surface area contributed by atoms with Gasteiger partial charge in [0.15, 0.2) is 5.96 Å². The van der Waals surface area contributed by atoms with Crippen molar-refractivity contribution in [2.75, 3.05) is 13.2 Å². The Balaban J connectivity index is 2.96. The third-order valence-electron chi connectivity index (χ3n) is 5.48. The Morgan fingerprint density at radius 3 is 2.03 bits per heavy atom. The van der Waals surface area contributed by atoms with Gasteiger partial charge in [0.2, 0.25) is 17.7 Å². The van der Waals surface area contributed by atoms with Crippen molar-refractivity contribution in [3.05, 3.63) is 29.8 Å². The van der Waals surface area contributed by atoms with Crippen LogP contribution in [0.15, 0.2) is 24.3 Å². The number of nitrogens with one attached hydrogen (secondary N) is 5. The lowest BCUT2D eigenvalue weighted by molar-refractivity contribution is -0.143. The first-order chi connectivity index (χ1) is 17.8. The fourth-order valence-corrected chi connectivity index (χ4v) is 3.49. The zero-order valence-corrected chi connectivity index (χ0v) is 21.6. The number of nitrogens with two attached hydrogens (primary N) is 2. The van der Waals surface area contributed by atoms with Gasteiger partial charge < -0.3 is 48.1 Å². The van der Waals surface area contributed by atoms with Crippen molar-refractivity contribution >= 4 is 29.7 Å². The molecule has 14 heteroatoms. The number of aliphatic hydroxyl groups excluding tert-OH is 1. The van der Waals surface area contributed by atoms with Gasteiger partial charge in [-0.2, -0.15) is 0 Å². The summed E-state index contributed by atoms with van der Waals surface area (Å²) < 4.78 is 0. The van der Waals surface area contributed by atoms with Crippen LogP contribution in [0.25, 0.3) is 0 Å². The fraction of sp³-hybridized carbons (Fsp3) is 0.542. The average Bonchev–Trinajstić information content (AvgIpc) is 2.84. The maximum atomic E-state index is 13.2. The molecule has 0 aliphatic carbocycles. The van der Waals surface area contributed by atoms with Crippen molar-refractivity contribution in [2.45, 2.75) is 63.7 Å². The summed E-state index contributed by atoms with van der Waals surface area (Å²) in [6.07, 6.45) is 0.734. The number of benzene rings is 1. The highest BCUT2D eigenvalue weighted by atomic mass is 16.4. The van der Waals surface area contributed by atoms with E-state index >= 15 is 0 Å². The number of guanidine groups is 1. The van der Waals surface area contributed by atoms with Crippen molar-refractivity contribution in [1.29, 1.82) is 5.41 Å². The van der Waals surface area contributed by atoms with E-state index in [4.69, 9.17) is 22.0 Å². The molecule has 0 bridgehead atoms. The molecule has 1 aromatic rings. The predicted octanol–water partition coefficient (Wildman–Crippen LogP) is -1.90. The molecule has 0 spiro atoms. The van der Waals surface area contributed by atoms with E-state index in [-0.39, 0.29) is 49.9 Å². The van der Waals surface area contributed by atoms with E-state index in [1.165, 1.54) is 12.1 Å². The minimum Gasteiger partial charge on any atom is -0.508 e. The Bertz CT molecular complexity index is 956. The summed E-state index contributed by atoms with van der Waals surface area (Å²) in [4.78, 5) is 50.0. The van der Waals surface area contributed by atoms with Crippen molar-refractivity contribution in [3.8, 4) is 5.75 Å². The molecule has 0 fully saturated rings. The van der Waals surface area contributed by atoms with Crippen LogP contribution in [0.3, 0.4) is 0 Å². The summed E-state index contributed by atoms with van der Waals surface area (Å²) in [5, 5.41) is 44.9. The number of aliphatic hydroxyl groups is 1. The molecular weight excluding hydrogens is 498 g/mol. The van der Waals surface area contributed by atoms with Gasteiger partial charge >= 0.3 is 5.97 Å². The molecule has 0 saturated carbocycles. The molecule has 212 valence electrons. The number of rotatable bonds is 16. The highest BCUT2D eigenvalue weighted by molar-refractivity contribution is 5.94. The van der Waals surface area contributed by atoms with Gasteiger partial charge in [0.05, 0.1) is 12.6 Å². The second-order valence-electron chi connectivity index (χ2n) is 9.29. The number of amides is 3. The molecule has 12 N–H and O–H groups in total. The summed E-state index contributed by atoms with van der Waals surface area (Å²) in [6.45, 7) is 3.06.